The Bertz CT molecular complexity index is 531. The number of ketones is 2. The molecule has 0 heterocycles. The van der Waals surface area contributed by atoms with Gasteiger partial charge in [0.05, 0.1) is 33.4 Å². The van der Waals surface area contributed by atoms with Gasteiger partial charge in [0.15, 0.2) is 0 Å². The van der Waals surface area contributed by atoms with Crippen molar-refractivity contribution in [3.05, 3.63) is 29.8 Å². The second kappa shape index (κ2) is 10.3. The van der Waals surface area contributed by atoms with E-state index in [4.69, 9.17) is 20.1 Å². The van der Waals surface area contributed by atoms with Crippen LogP contribution < -0.4 is 4.74 Å². The maximum absolute atomic E-state index is 11.4. The van der Waals surface area contributed by atoms with E-state index in [-0.39, 0.29) is 43.7 Å². The van der Waals surface area contributed by atoms with Gasteiger partial charge in [0, 0.05) is 24.2 Å². The topological polar surface area (TPSA) is 104 Å². The summed E-state index contributed by atoms with van der Waals surface area (Å²) in [6, 6.07) is 7.57. The van der Waals surface area contributed by atoms with Crippen molar-refractivity contribution in [2.75, 3.05) is 26.9 Å². The van der Waals surface area contributed by atoms with Crippen molar-refractivity contribution in [1.82, 2.24) is 0 Å². The largest absolute Gasteiger partial charge is 0.496 e. The minimum Gasteiger partial charge on any atom is -0.496 e. The number of para-hydroxylation sites is 1. The average molecular weight is 352 g/mol. The number of rotatable bonds is 6. The first-order chi connectivity index (χ1) is 11.9. The number of carbonyl (C=O) groups is 2. The minimum absolute atomic E-state index is 0.00935. The zero-order chi connectivity index (χ0) is 18.9. The number of hydrogen-bond donors (Lipinski definition) is 3. The van der Waals surface area contributed by atoms with Crippen LogP contribution in [0, 0.1) is 5.41 Å². The van der Waals surface area contributed by atoms with Crippen LogP contribution in [0.4, 0.5) is 0 Å². The van der Waals surface area contributed by atoms with Gasteiger partial charge in [-0.05, 0) is 18.1 Å². The summed E-state index contributed by atoms with van der Waals surface area (Å²) in [4.78, 5) is 22.8. The molecule has 0 aliphatic heterocycles. The molecule has 3 N–H and O–H groups in total. The number of benzene rings is 1. The quantitative estimate of drug-likeness (QED) is 0.670. The maximum atomic E-state index is 11.4. The standard InChI is InChI=1S/C13H14O3.C6H14O3/c1-16-13-5-3-2-4-12(13)9-6-10(14)8-11(15)7-9;1-2-6(3-7,4-8)5-9/h2-5,9H,6-8H2,1H3;7-9H,2-5H2,1H3. The summed E-state index contributed by atoms with van der Waals surface area (Å²) in [5, 5.41) is 26.0. The van der Waals surface area contributed by atoms with E-state index in [9.17, 15) is 9.59 Å². The molecule has 0 unspecified atom stereocenters. The lowest BCUT2D eigenvalue weighted by molar-refractivity contribution is -0.130. The van der Waals surface area contributed by atoms with Crippen molar-refractivity contribution >= 4 is 11.6 Å². The molecule has 1 aromatic carbocycles. The smallest absolute Gasteiger partial charge is 0.140 e. The highest BCUT2D eigenvalue weighted by Crippen LogP contribution is 2.34. The van der Waals surface area contributed by atoms with Crippen LogP contribution in [0.3, 0.4) is 0 Å². The highest BCUT2D eigenvalue weighted by Gasteiger charge is 2.28. The Morgan fingerprint density at radius 3 is 1.96 bits per heavy atom. The molecule has 0 aromatic heterocycles. The third kappa shape index (κ3) is 5.92. The summed E-state index contributed by atoms with van der Waals surface area (Å²) >= 11 is 0. The first-order valence-electron chi connectivity index (χ1n) is 8.44. The lowest BCUT2D eigenvalue weighted by Gasteiger charge is -2.24. The molecule has 1 aliphatic rings. The van der Waals surface area contributed by atoms with Gasteiger partial charge in [0.2, 0.25) is 0 Å². The average Bonchev–Trinajstić information content (AvgIpc) is 2.64. The third-order valence-electron chi connectivity index (χ3n) is 4.68. The molecule has 25 heavy (non-hydrogen) atoms. The Labute approximate surface area is 148 Å². The van der Waals surface area contributed by atoms with Gasteiger partial charge in [0.1, 0.15) is 17.3 Å². The highest BCUT2D eigenvalue weighted by atomic mass is 16.5. The molecule has 0 atom stereocenters. The van der Waals surface area contributed by atoms with E-state index >= 15 is 0 Å². The molecule has 6 nitrogen and oxygen atoms in total. The van der Waals surface area contributed by atoms with Crippen molar-refractivity contribution in [3.63, 3.8) is 0 Å². The van der Waals surface area contributed by atoms with Crippen molar-refractivity contribution in [2.24, 2.45) is 5.41 Å². The van der Waals surface area contributed by atoms with E-state index in [0.29, 0.717) is 19.3 Å². The summed E-state index contributed by atoms with van der Waals surface area (Å²) < 4.78 is 5.25. The fraction of sp³-hybridized carbons (Fsp3) is 0.579. The fourth-order valence-corrected chi connectivity index (χ4v) is 2.70. The summed E-state index contributed by atoms with van der Waals surface area (Å²) in [7, 11) is 1.60. The van der Waals surface area contributed by atoms with Crippen LogP contribution in [0.5, 0.6) is 5.75 Å². The number of hydrogen-bond acceptors (Lipinski definition) is 6. The fourth-order valence-electron chi connectivity index (χ4n) is 2.70. The van der Waals surface area contributed by atoms with E-state index in [1.165, 1.54) is 0 Å². The predicted molar refractivity (Wildman–Crippen MR) is 93.6 cm³/mol. The molecule has 0 bridgehead atoms. The number of Topliss-reactive ketones (excluding diaryl/α,β-unsaturated/α-hetero) is 2. The van der Waals surface area contributed by atoms with Crippen LogP contribution in [0.2, 0.25) is 0 Å². The lowest BCUT2D eigenvalue weighted by Crippen LogP contribution is -2.32. The molecule has 0 radical (unpaired) electrons. The summed E-state index contributed by atoms with van der Waals surface area (Å²) in [6.45, 7) is 1.35. The summed E-state index contributed by atoms with van der Waals surface area (Å²) in [5.41, 5.74) is 0.298. The van der Waals surface area contributed by atoms with Gasteiger partial charge >= 0.3 is 0 Å². The number of ether oxygens (including phenoxy) is 1. The van der Waals surface area contributed by atoms with Crippen molar-refractivity contribution in [1.29, 1.82) is 0 Å². The Hall–Kier alpha value is -1.76. The molecule has 1 fully saturated rings. The third-order valence-corrected chi connectivity index (χ3v) is 4.68. The minimum atomic E-state index is -0.667. The lowest BCUT2D eigenvalue weighted by atomic mass is 9.82. The van der Waals surface area contributed by atoms with Gasteiger partial charge in [-0.25, -0.2) is 0 Å². The molecular weight excluding hydrogens is 324 g/mol. The van der Waals surface area contributed by atoms with Gasteiger partial charge < -0.3 is 20.1 Å². The van der Waals surface area contributed by atoms with Gasteiger partial charge in [0.25, 0.3) is 0 Å². The second-order valence-corrected chi connectivity index (χ2v) is 6.43. The van der Waals surface area contributed by atoms with E-state index in [0.717, 1.165) is 11.3 Å². The highest BCUT2D eigenvalue weighted by molar-refractivity contribution is 6.02. The molecular formula is C19H28O6. The summed E-state index contributed by atoms with van der Waals surface area (Å²) in [5.74, 6) is 0.819. The van der Waals surface area contributed by atoms with Crippen molar-refractivity contribution in [2.45, 2.75) is 38.5 Å². The normalized spacial score (nSPS) is 15.6. The van der Waals surface area contributed by atoms with Crippen LogP contribution in [0.15, 0.2) is 24.3 Å². The van der Waals surface area contributed by atoms with Crippen LogP contribution in [-0.2, 0) is 9.59 Å². The van der Waals surface area contributed by atoms with Crippen LogP contribution in [-0.4, -0.2) is 53.8 Å². The number of methoxy groups -OCH3 is 1. The maximum Gasteiger partial charge on any atom is 0.140 e. The van der Waals surface area contributed by atoms with Gasteiger partial charge in [-0.15, -0.1) is 0 Å². The number of aliphatic hydroxyl groups is 3. The summed E-state index contributed by atoms with van der Waals surface area (Å²) in [6.07, 6.45) is 1.60. The molecule has 1 aliphatic carbocycles. The first kappa shape index (κ1) is 21.3. The van der Waals surface area contributed by atoms with Crippen LogP contribution in [0.1, 0.15) is 44.1 Å². The second-order valence-electron chi connectivity index (χ2n) is 6.43. The molecule has 2 rings (SSSR count). The zero-order valence-electron chi connectivity index (χ0n) is 14.9. The predicted octanol–water partition coefficient (Wildman–Crippen LogP) is 1.46. The van der Waals surface area contributed by atoms with Gasteiger partial charge in [-0.3, -0.25) is 9.59 Å². The molecule has 6 heteroatoms. The van der Waals surface area contributed by atoms with Gasteiger partial charge in [-0.1, -0.05) is 25.1 Å². The zero-order valence-corrected chi connectivity index (χ0v) is 14.9. The Morgan fingerprint density at radius 1 is 1.04 bits per heavy atom. The Kier molecular flexibility index (Phi) is 8.75. The van der Waals surface area contributed by atoms with Crippen LogP contribution >= 0.6 is 0 Å². The number of aliphatic hydroxyl groups excluding tert-OH is 3. The van der Waals surface area contributed by atoms with Gasteiger partial charge in [-0.2, -0.15) is 0 Å². The monoisotopic (exact) mass is 352 g/mol. The molecule has 1 saturated carbocycles. The van der Waals surface area contributed by atoms with E-state index in [2.05, 4.69) is 0 Å². The molecule has 0 amide bonds. The first-order valence-corrected chi connectivity index (χ1v) is 8.44. The SMILES string of the molecule is CCC(CO)(CO)CO.COc1ccccc1C1CC(=O)CC(=O)C1. The van der Waals surface area contributed by atoms with E-state index in [1.807, 2.05) is 31.2 Å². The molecule has 140 valence electrons. The molecule has 0 spiro atoms. The van der Waals surface area contributed by atoms with Crippen molar-refractivity contribution < 1.29 is 29.6 Å². The Morgan fingerprint density at radius 2 is 1.56 bits per heavy atom. The molecule has 0 saturated heterocycles. The van der Waals surface area contributed by atoms with E-state index < -0.39 is 5.41 Å². The van der Waals surface area contributed by atoms with Crippen LogP contribution in [0.25, 0.3) is 0 Å². The number of carbonyl (C=O) groups excluding carboxylic acids is 2. The van der Waals surface area contributed by atoms with Crippen molar-refractivity contribution in [3.8, 4) is 5.75 Å². The Balaban J connectivity index is 0.000000299. The molecule has 1 aromatic rings. The van der Waals surface area contributed by atoms with E-state index in [1.54, 1.807) is 7.11 Å².